The van der Waals surface area contributed by atoms with Gasteiger partial charge in [-0.15, -0.1) is 4.37 Å². The van der Waals surface area contributed by atoms with Gasteiger partial charge in [-0.1, -0.05) is 32.3 Å². The Labute approximate surface area is 131 Å². The third kappa shape index (κ3) is 4.49. The van der Waals surface area contributed by atoms with Gasteiger partial charge in [-0.2, -0.15) is 4.37 Å². The Kier molecular flexibility index (Phi) is 6.14. The van der Waals surface area contributed by atoms with Gasteiger partial charge in [-0.3, -0.25) is 4.48 Å². The van der Waals surface area contributed by atoms with E-state index in [0.717, 1.165) is 37.2 Å². The number of unbranched alkanes of at least 4 members (excludes halogenated alkanes) is 3. The molecule has 0 radical (unpaired) electrons. The van der Waals surface area contributed by atoms with E-state index in [2.05, 4.69) is 28.8 Å². The normalized spacial score (nSPS) is 22.1. The molecule has 1 N–H and O–H groups in total. The Bertz CT molecular complexity index is 475. The molecule has 1 aromatic rings. The molecule has 0 aromatic carbocycles. The molecule has 0 amide bonds. The van der Waals surface area contributed by atoms with Crippen molar-refractivity contribution >= 4 is 17.3 Å². The molecule has 0 saturated carbocycles. The minimum atomic E-state index is 0.155. The summed E-state index contributed by atoms with van der Waals surface area (Å²) in [4.78, 5) is 0. The maximum atomic E-state index is 9.54. The van der Waals surface area contributed by atoms with E-state index in [4.69, 9.17) is 4.74 Å². The zero-order valence-electron chi connectivity index (χ0n) is 13.0. The summed E-state index contributed by atoms with van der Waals surface area (Å²) in [5.74, 6) is 0.661. The van der Waals surface area contributed by atoms with Gasteiger partial charge < -0.3 is 9.84 Å². The molecule has 1 atom stereocenters. The maximum absolute atomic E-state index is 9.54. The summed E-state index contributed by atoms with van der Waals surface area (Å²) in [5, 5.41) is 9.54. The van der Waals surface area contributed by atoms with E-state index in [9.17, 15) is 5.11 Å². The minimum absolute atomic E-state index is 0.155. The molecule has 0 bridgehead atoms. The number of nitrogens with zero attached hydrogens (tertiary/aromatic N) is 3. The lowest BCUT2D eigenvalue weighted by Crippen LogP contribution is -2.48. The zero-order chi connectivity index (χ0) is 15.1. The number of aromatic nitrogens is 2. The first-order valence-electron chi connectivity index (χ1n) is 7.77. The molecule has 21 heavy (non-hydrogen) atoms. The van der Waals surface area contributed by atoms with Gasteiger partial charge in [0.15, 0.2) is 6.73 Å². The van der Waals surface area contributed by atoms with E-state index in [1.807, 2.05) is 0 Å². The number of quaternary nitrogens is 1. The average Bonchev–Trinajstić information content (AvgIpc) is 2.96. The van der Waals surface area contributed by atoms with Crippen LogP contribution in [0.4, 0.5) is 0 Å². The van der Waals surface area contributed by atoms with Gasteiger partial charge in [0, 0.05) is 12.0 Å². The summed E-state index contributed by atoms with van der Waals surface area (Å²) >= 11 is 1.20. The fourth-order valence-electron chi connectivity index (χ4n) is 2.57. The second-order valence-corrected chi connectivity index (χ2v) is 6.52. The van der Waals surface area contributed by atoms with Crippen LogP contribution in [0.25, 0.3) is 5.57 Å². The van der Waals surface area contributed by atoms with Gasteiger partial charge >= 0.3 is 0 Å². The SMILES string of the molecule is CCCCCCOc1nsnc1C1=CCC[N+](C)(CO)C1. The molecule has 1 unspecified atom stereocenters. The fourth-order valence-corrected chi connectivity index (χ4v) is 3.10. The lowest BCUT2D eigenvalue weighted by molar-refractivity contribution is -0.921. The number of likely N-dealkylation sites (N-methyl/N-ethyl adjacent to an activating group) is 1. The molecule has 0 aliphatic carbocycles. The average molecular weight is 312 g/mol. The van der Waals surface area contributed by atoms with Gasteiger partial charge in [-0.25, -0.2) is 0 Å². The van der Waals surface area contributed by atoms with Crippen molar-refractivity contribution in [2.75, 3.05) is 33.5 Å². The zero-order valence-corrected chi connectivity index (χ0v) is 13.9. The van der Waals surface area contributed by atoms with E-state index in [1.165, 1.54) is 31.0 Å². The summed E-state index contributed by atoms with van der Waals surface area (Å²) in [7, 11) is 2.07. The first-order chi connectivity index (χ1) is 10.2. The van der Waals surface area contributed by atoms with Crippen LogP contribution in [0.15, 0.2) is 6.08 Å². The fraction of sp³-hybridized carbons (Fsp3) is 0.733. The Morgan fingerprint density at radius 3 is 2.95 bits per heavy atom. The highest BCUT2D eigenvalue weighted by Gasteiger charge is 2.29. The summed E-state index contributed by atoms with van der Waals surface area (Å²) in [6, 6.07) is 0. The Hall–Kier alpha value is -0.980. The van der Waals surface area contributed by atoms with Crippen LogP contribution in [-0.4, -0.2) is 51.8 Å². The molecule has 1 aromatic heterocycles. The van der Waals surface area contributed by atoms with Crippen molar-refractivity contribution in [3.8, 4) is 5.88 Å². The summed E-state index contributed by atoms with van der Waals surface area (Å²) < 4.78 is 15.1. The molecular formula is C15H26N3O2S+. The van der Waals surface area contributed by atoms with Crippen LogP contribution >= 0.6 is 11.7 Å². The monoisotopic (exact) mass is 312 g/mol. The Balaban J connectivity index is 1.95. The second kappa shape index (κ2) is 7.87. The van der Waals surface area contributed by atoms with Crippen LogP contribution in [0.2, 0.25) is 0 Å². The van der Waals surface area contributed by atoms with Crippen LogP contribution in [0.5, 0.6) is 5.88 Å². The number of ether oxygens (including phenoxy) is 1. The third-order valence-corrected chi connectivity index (χ3v) is 4.46. The van der Waals surface area contributed by atoms with Crippen molar-refractivity contribution in [1.29, 1.82) is 0 Å². The van der Waals surface area contributed by atoms with Crippen LogP contribution in [0.1, 0.15) is 44.7 Å². The van der Waals surface area contributed by atoms with Crippen molar-refractivity contribution in [3.63, 3.8) is 0 Å². The van der Waals surface area contributed by atoms with Gasteiger partial charge in [0.25, 0.3) is 5.88 Å². The Morgan fingerprint density at radius 2 is 2.19 bits per heavy atom. The second-order valence-electron chi connectivity index (χ2n) is 5.99. The molecule has 0 spiro atoms. The summed E-state index contributed by atoms with van der Waals surface area (Å²) in [6.07, 6.45) is 7.91. The van der Waals surface area contributed by atoms with Gasteiger partial charge in [0.05, 0.1) is 31.9 Å². The van der Waals surface area contributed by atoms with E-state index in [-0.39, 0.29) is 6.73 Å². The predicted molar refractivity (Wildman–Crippen MR) is 85.1 cm³/mol. The van der Waals surface area contributed by atoms with Gasteiger partial charge in [-0.05, 0) is 6.42 Å². The van der Waals surface area contributed by atoms with E-state index in [1.54, 1.807) is 0 Å². The maximum Gasteiger partial charge on any atom is 0.253 e. The van der Waals surface area contributed by atoms with Crippen LogP contribution in [0, 0.1) is 0 Å². The third-order valence-electron chi connectivity index (χ3n) is 3.95. The first-order valence-corrected chi connectivity index (χ1v) is 8.51. The Morgan fingerprint density at radius 1 is 1.33 bits per heavy atom. The number of hydrogen-bond acceptors (Lipinski definition) is 5. The molecule has 118 valence electrons. The molecular weight excluding hydrogens is 286 g/mol. The topological polar surface area (TPSA) is 55.2 Å². The smallest absolute Gasteiger partial charge is 0.253 e. The summed E-state index contributed by atoms with van der Waals surface area (Å²) in [5.41, 5.74) is 2.02. The molecule has 1 aliphatic heterocycles. The minimum Gasteiger partial charge on any atom is -0.475 e. The van der Waals surface area contributed by atoms with Gasteiger partial charge in [0.1, 0.15) is 12.2 Å². The van der Waals surface area contributed by atoms with Gasteiger partial charge in [0.2, 0.25) is 0 Å². The van der Waals surface area contributed by atoms with Crippen molar-refractivity contribution in [2.45, 2.75) is 39.0 Å². The number of rotatable bonds is 8. The molecule has 2 heterocycles. The van der Waals surface area contributed by atoms with E-state index < -0.39 is 0 Å². The molecule has 0 saturated heterocycles. The van der Waals surface area contributed by atoms with Crippen molar-refractivity contribution in [2.24, 2.45) is 0 Å². The highest BCUT2D eigenvalue weighted by atomic mass is 32.1. The van der Waals surface area contributed by atoms with E-state index >= 15 is 0 Å². The number of aliphatic hydroxyl groups excluding tert-OH is 1. The van der Waals surface area contributed by atoms with Crippen molar-refractivity contribution < 1.29 is 14.3 Å². The van der Waals surface area contributed by atoms with Crippen molar-refractivity contribution in [1.82, 2.24) is 8.75 Å². The highest BCUT2D eigenvalue weighted by molar-refractivity contribution is 6.99. The molecule has 2 rings (SSSR count). The highest BCUT2D eigenvalue weighted by Crippen LogP contribution is 2.29. The molecule has 1 aliphatic rings. The van der Waals surface area contributed by atoms with Crippen molar-refractivity contribution in [3.05, 3.63) is 11.8 Å². The summed E-state index contributed by atoms with van der Waals surface area (Å²) in [6.45, 7) is 4.81. The molecule has 0 fully saturated rings. The molecule has 5 nitrogen and oxygen atoms in total. The standard InChI is InChI=1S/C15H26N3O2S/c1-3-4-5-6-10-20-15-14(16-21-17-15)13-8-7-9-18(2,11-13)12-19/h8,19H,3-7,9-12H2,1-2H3/q+1. The van der Waals surface area contributed by atoms with Crippen LogP contribution in [0.3, 0.4) is 0 Å². The number of aliphatic hydroxyl groups is 1. The molecule has 6 heteroatoms. The van der Waals surface area contributed by atoms with Crippen LogP contribution in [-0.2, 0) is 0 Å². The first kappa shape index (κ1) is 16.4. The lowest BCUT2D eigenvalue weighted by Gasteiger charge is -2.35. The quantitative estimate of drug-likeness (QED) is 0.592. The van der Waals surface area contributed by atoms with Crippen LogP contribution < -0.4 is 4.74 Å². The van der Waals surface area contributed by atoms with E-state index in [0.29, 0.717) is 17.0 Å². The predicted octanol–water partition coefficient (Wildman–Crippen LogP) is 2.68. The largest absolute Gasteiger partial charge is 0.475 e. The number of hydrogen-bond donors (Lipinski definition) is 1. The lowest BCUT2D eigenvalue weighted by atomic mass is 10.1.